The fourth-order valence-electron chi connectivity index (χ4n) is 9.68. The molecule has 0 amide bonds. The van der Waals surface area contributed by atoms with Gasteiger partial charge in [-0.15, -0.1) is 17.7 Å². The summed E-state index contributed by atoms with van der Waals surface area (Å²) in [6, 6.07) is 59.1. The van der Waals surface area contributed by atoms with Gasteiger partial charge in [-0.3, -0.25) is 4.98 Å². The molecule has 11 aromatic rings. The Morgan fingerprint density at radius 1 is 0.657 bits per heavy atom. The van der Waals surface area contributed by atoms with E-state index >= 15 is 0 Å². The molecule has 4 nitrogen and oxygen atoms in total. The van der Waals surface area contributed by atoms with Gasteiger partial charge < -0.3 is 8.98 Å². The van der Waals surface area contributed by atoms with Crippen molar-refractivity contribution in [3.8, 4) is 39.5 Å². The monoisotopic (exact) mass is 1160 g/mol. The summed E-state index contributed by atoms with van der Waals surface area (Å²) in [5.74, 6) is 8.12. The maximum Gasteiger partial charge on any atom is 0 e. The molecule has 11 rings (SSSR count). The van der Waals surface area contributed by atoms with E-state index in [0.29, 0.717) is 0 Å². The van der Waals surface area contributed by atoms with Crippen molar-refractivity contribution in [1.29, 1.82) is 0 Å². The van der Waals surface area contributed by atoms with Gasteiger partial charge >= 0.3 is 104 Å². The SMILES string of the molecule is CC(C)c1cc(-c2ccccc2)cc(C(C)C)c1-n1c(-c2[c-]cc(C(C)(C)C)c3c2oc2cc4c(ccc5ccccc54)cc23)nc2ccccc21.[CH3][Ge]([CH3])([CH3])[c]1ccc(-c2[c-]cc(F)cc2)nc1.[Ir]. The molecule has 70 heavy (non-hydrogen) atoms. The molecule has 0 unspecified atom stereocenters. The summed E-state index contributed by atoms with van der Waals surface area (Å²) in [4.78, 5) is 9.86. The number of aromatic nitrogens is 3. The molecule has 0 bridgehead atoms. The van der Waals surface area contributed by atoms with Crippen LogP contribution in [-0.2, 0) is 25.5 Å². The fourth-order valence-corrected chi connectivity index (χ4v) is 11.9. The molecule has 0 aliphatic carbocycles. The van der Waals surface area contributed by atoms with Gasteiger partial charge in [-0.2, -0.15) is 0 Å². The fraction of sp³-hybridized carbons (Fsp3) is 0.206. The minimum atomic E-state index is -1.79. The van der Waals surface area contributed by atoms with E-state index in [4.69, 9.17) is 9.40 Å². The van der Waals surface area contributed by atoms with Crippen molar-refractivity contribution in [1.82, 2.24) is 14.5 Å². The van der Waals surface area contributed by atoms with Gasteiger partial charge in [0, 0.05) is 31.2 Å². The minimum Gasteiger partial charge on any atom is 0 e. The van der Waals surface area contributed by atoms with Crippen molar-refractivity contribution >= 4 is 72.2 Å². The maximum absolute atomic E-state index is 12.8. The molecule has 0 spiro atoms. The number of benzene rings is 8. The van der Waals surface area contributed by atoms with Crippen LogP contribution in [0.5, 0.6) is 0 Å². The van der Waals surface area contributed by atoms with Gasteiger partial charge in [0.05, 0.1) is 22.4 Å². The summed E-state index contributed by atoms with van der Waals surface area (Å²) in [7, 11) is 0. The minimum absolute atomic E-state index is 0. The topological polar surface area (TPSA) is 43.9 Å². The van der Waals surface area contributed by atoms with Crippen LogP contribution in [0.2, 0.25) is 17.3 Å². The summed E-state index contributed by atoms with van der Waals surface area (Å²) in [5.41, 5.74) is 13.6. The first-order chi connectivity index (χ1) is 33.0. The molecule has 8 aromatic carbocycles. The Bertz CT molecular complexity index is 3660. The quantitative estimate of drug-likeness (QED) is 0.0907. The Labute approximate surface area is 427 Å². The molecule has 0 atom stereocenters. The first-order valence-electron chi connectivity index (χ1n) is 24.1. The van der Waals surface area contributed by atoms with E-state index in [1.807, 2.05) is 12.3 Å². The van der Waals surface area contributed by atoms with Crippen LogP contribution in [0.3, 0.4) is 0 Å². The van der Waals surface area contributed by atoms with Crippen LogP contribution in [0.4, 0.5) is 4.39 Å². The molecule has 3 heterocycles. The normalized spacial score (nSPS) is 12.1. The Morgan fingerprint density at radius 2 is 1.34 bits per heavy atom. The number of hydrogen-bond acceptors (Lipinski definition) is 3. The van der Waals surface area contributed by atoms with Gasteiger partial charge in [0.15, 0.2) is 0 Å². The molecule has 7 heteroatoms. The third-order valence-electron chi connectivity index (χ3n) is 13.4. The predicted molar refractivity (Wildman–Crippen MR) is 291 cm³/mol. The van der Waals surface area contributed by atoms with Gasteiger partial charge in [-0.25, -0.2) is 0 Å². The van der Waals surface area contributed by atoms with E-state index in [2.05, 4.69) is 215 Å². The van der Waals surface area contributed by atoms with Crippen LogP contribution in [0, 0.1) is 17.9 Å². The summed E-state index contributed by atoms with van der Waals surface area (Å²) >= 11 is -1.79. The van der Waals surface area contributed by atoms with E-state index in [0.717, 1.165) is 55.6 Å². The third kappa shape index (κ3) is 9.18. The van der Waals surface area contributed by atoms with E-state index < -0.39 is 13.3 Å². The Balaban J connectivity index is 0.000000286. The number of para-hydroxylation sites is 2. The van der Waals surface area contributed by atoms with Gasteiger partial charge in [0.25, 0.3) is 0 Å². The number of rotatable bonds is 7. The van der Waals surface area contributed by atoms with Crippen LogP contribution in [-0.4, -0.2) is 27.8 Å². The average Bonchev–Trinajstić information content (AvgIpc) is 3.91. The molecule has 0 saturated heterocycles. The van der Waals surface area contributed by atoms with Crippen molar-refractivity contribution in [3.63, 3.8) is 0 Å². The zero-order valence-electron chi connectivity index (χ0n) is 41.6. The molecule has 353 valence electrons. The molecule has 0 aliphatic rings. The van der Waals surface area contributed by atoms with E-state index in [1.165, 1.54) is 71.6 Å². The van der Waals surface area contributed by atoms with E-state index in [1.54, 1.807) is 6.07 Å². The number of furan rings is 1. The van der Waals surface area contributed by atoms with Crippen molar-refractivity contribution in [2.24, 2.45) is 0 Å². The second kappa shape index (κ2) is 19.2. The van der Waals surface area contributed by atoms with Gasteiger partial charge in [-0.05, 0) is 97.4 Å². The zero-order chi connectivity index (χ0) is 48.4. The molecule has 3 aromatic heterocycles. The van der Waals surface area contributed by atoms with Crippen molar-refractivity contribution in [2.45, 2.75) is 83.0 Å². The van der Waals surface area contributed by atoms with Crippen LogP contribution < -0.4 is 4.40 Å². The van der Waals surface area contributed by atoms with Gasteiger partial charge in [0.1, 0.15) is 5.58 Å². The molecular weight excluding hydrogens is 1100 g/mol. The number of hydrogen-bond donors (Lipinski definition) is 0. The zero-order valence-corrected chi connectivity index (χ0v) is 46.1. The molecule has 1 radical (unpaired) electrons. The number of pyridine rings is 1. The molecule has 0 N–H and O–H groups in total. The molecule has 0 fully saturated rings. The number of imidazole rings is 1. The summed E-state index contributed by atoms with van der Waals surface area (Å²) < 4.78 is 23.6. The Kier molecular flexibility index (Phi) is 13.4. The van der Waals surface area contributed by atoms with Gasteiger partial charge in [-0.1, -0.05) is 138 Å². The molecule has 0 saturated carbocycles. The predicted octanol–water partition coefficient (Wildman–Crippen LogP) is 17.1. The maximum atomic E-state index is 12.8. The van der Waals surface area contributed by atoms with E-state index in [-0.39, 0.29) is 43.2 Å². The van der Waals surface area contributed by atoms with Crippen LogP contribution >= 0.6 is 0 Å². The summed E-state index contributed by atoms with van der Waals surface area (Å²) in [6.45, 7) is 16.0. The first-order valence-corrected chi connectivity index (χ1v) is 31.5. The standard InChI is InChI=1S/C49H43N2O.C14H15FGeN.Ir/c1-29(2)37-26-34(31-15-9-8-10-16-31)27-38(30(3)4)46(37)51-43-20-14-13-19-42(43)50-48(51)36-23-24-41(49(5,6)7)45-40-25-33-22-21-32-17-11-12-18-35(32)39(33)28-44(40)52-47(36)45;1-16(2,3)13-8-9-14(17-10-13)11-4-6-12(15)7-5-11;/h8-22,24-30H,1-7H3;4,6-10H,1-3H3;/q2*-1;. The smallest absolute Gasteiger partial charge is 0 e. The van der Waals surface area contributed by atoms with Crippen molar-refractivity contribution < 1.29 is 28.9 Å². The largest absolute Gasteiger partial charge is 0 e. The summed E-state index contributed by atoms with van der Waals surface area (Å²) in [5, 5.41) is 7.12. The third-order valence-corrected chi connectivity index (χ3v) is 17.7. The van der Waals surface area contributed by atoms with Crippen LogP contribution in [0.1, 0.15) is 77.0 Å². The number of fused-ring (bicyclic) bond motifs is 7. The number of halogens is 1. The average molecular weight is 1160 g/mol. The molecule has 0 aliphatic heterocycles. The van der Waals surface area contributed by atoms with E-state index in [9.17, 15) is 4.39 Å². The Morgan fingerprint density at radius 3 is 2.00 bits per heavy atom. The summed E-state index contributed by atoms with van der Waals surface area (Å²) in [6.07, 6.45) is 1.95. The van der Waals surface area contributed by atoms with Crippen LogP contribution in [0.25, 0.3) is 94.0 Å². The van der Waals surface area contributed by atoms with Crippen molar-refractivity contribution in [2.75, 3.05) is 0 Å². The van der Waals surface area contributed by atoms with Crippen LogP contribution in [0.15, 0.2) is 162 Å². The number of nitrogens with zero attached hydrogens (tertiary/aromatic N) is 3. The van der Waals surface area contributed by atoms with Gasteiger partial charge in [0.2, 0.25) is 0 Å². The second-order valence-corrected chi connectivity index (χ2v) is 31.7. The van der Waals surface area contributed by atoms with Crippen molar-refractivity contribution in [3.05, 3.63) is 192 Å². The Hall–Kier alpha value is -6.18. The second-order valence-electron chi connectivity index (χ2n) is 21.0. The molecular formula is C63H58FGeIrN3O-2. The first kappa shape index (κ1) is 48.8.